The van der Waals surface area contributed by atoms with E-state index in [1.807, 2.05) is 43.3 Å². The zero-order chi connectivity index (χ0) is 16.8. The van der Waals surface area contributed by atoms with Gasteiger partial charge in [-0.1, -0.05) is 0 Å². The van der Waals surface area contributed by atoms with Gasteiger partial charge in [0.25, 0.3) is 0 Å². The summed E-state index contributed by atoms with van der Waals surface area (Å²) in [4.78, 5) is 0. The average molecular weight is 407 g/mol. The van der Waals surface area contributed by atoms with Gasteiger partial charge in [-0.2, -0.15) is 0 Å². The maximum absolute atomic E-state index is 13.0. The van der Waals surface area contributed by atoms with Crippen molar-refractivity contribution in [3.63, 3.8) is 0 Å². The number of allylic oxidation sites excluding steroid dienone is 1. The van der Waals surface area contributed by atoms with E-state index in [9.17, 15) is 4.57 Å². The Bertz CT molecular complexity index is 744. The van der Waals surface area contributed by atoms with E-state index >= 15 is 0 Å². The molecule has 2 aromatic rings. The molecule has 1 heterocycles. The van der Waals surface area contributed by atoms with E-state index in [1.54, 1.807) is 0 Å². The quantitative estimate of drug-likeness (QED) is 0.544. The van der Waals surface area contributed by atoms with E-state index in [-0.39, 0.29) is 15.0 Å². The van der Waals surface area contributed by atoms with Crippen LogP contribution in [-0.4, -0.2) is 27.7 Å². The molecular formula is C19H21O3PSe. The Kier molecular flexibility index (Phi) is 5.97. The molecule has 0 bridgehead atoms. The van der Waals surface area contributed by atoms with Gasteiger partial charge < -0.3 is 0 Å². The van der Waals surface area contributed by atoms with Gasteiger partial charge in [-0.25, -0.2) is 0 Å². The summed E-state index contributed by atoms with van der Waals surface area (Å²) in [6.07, 6.45) is 2.21. The van der Waals surface area contributed by atoms with Crippen molar-refractivity contribution in [2.45, 2.75) is 19.8 Å². The molecule has 0 N–H and O–H groups in total. The molecule has 1 unspecified atom stereocenters. The molecule has 0 fully saturated rings. The number of benzene rings is 2. The summed E-state index contributed by atoms with van der Waals surface area (Å²) in [6, 6.07) is 20.4. The van der Waals surface area contributed by atoms with E-state index in [2.05, 4.69) is 24.3 Å². The molecule has 0 saturated heterocycles. The van der Waals surface area contributed by atoms with E-state index in [0.717, 1.165) is 24.2 Å². The first-order valence-corrected chi connectivity index (χ1v) is 11.6. The first-order valence-electron chi connectivity index (χ1n) is 8.15. The number of hydrogen-bond donors (Lipinski definition) is 0. The molecular weight excluding hydrogens is 386 g/mol. The van der Waals surface area contributed by atoms with Crippen LogP contribution in [-0.2, 0) is 13.6 Å². The SMILES string of the molecule is CCOP1(=O)CCCC([Se]c2ccccc2)=C(c2ccccc2)O1. The van der Waals surface area contributed by atoms with Gasteiger partial charge in [0, 0.05) is 0 Å². The van der Waals surface area contributed by atoms with Crippen molar-refractivity contribution >= 4 is 32.8 Å². The molecule has 0 radical (unpaired) electrons. The number of hydrogen-bond acceptors (Lipinski definition) is 3. The first-order chi connectivity index (χ1) is 11.7. The Labute approximate surface area is 149 Å². The molecule has 2 aromatic carbocycles. The minimum absolute atomic E-state index is 0.147. The fraction of sp³-hybridized carbons (Fsp3) is 0.263. The summed E-state index contributed by atoms with van der Waals surface area (Å²) in [5.41, 5.74) is 0.979. The monoisotopic (exact) mass is 408 g/mol. The van der Waals surface area contributed by atoms with Crippen LogP contribution in [0.3, 0.4) is 0 Å². The summed E-state index contributed by atoms with van der Waals surface area (Å²) >= 11 is 0.147. The molecule has 3 nitrogen and oxygen atoms in total. The molecule has 5 heteroatoms. The van der Waals surface area contributed by atoms with Gasteiger partial charge in [-0.3, -0.25) is 0 Å². The Hall–Kier alpha value is -1.31. The summed E-state index contributed by atoms with van der Waals surface area (Å²) < 4.78 is 27.1. The van der Waals surface area contributed by atoms with E-state index in [0.29, 0.717) is 12.8 Å². The van der Waals surface area contributed by atoms with Gasteiger partial charge in [0.05, 0.1) is 0 Å². The van der Waals surface area contributed by atoms with Crippen molar-refractivity contribution < 1.29 is 13.6 Å². The molecule has 3 rings (SSSR count). The predicted octanol–water partition coefficient (Wildman–Crippen LogP) is 4.42. The Balaban J connectivity index is 2.00. The normalized spacial score (nSPS) is 21.2. The minimum atomic E-state index is -3.07. The van der Waals surface area contributed by atoms with Crippen LogP contribution in [0.5, 0.6) is 0 Å². The molecule has 1 aliphatic heterocycles. The Morgan fingerprint density at radius 3 is 2.42 bits per heavy atom. The van der Waals surface area contributed by atoms with Gasteiger partial charge in [-0.15, -0.1) is 0 Å². The third-order valence-corrected chi connectivity index (χ3v) is 8.04. The van der Waals surface area contributed by atoms with Crippen molar-refractivity contribution in [1.82, 2.24) is 0 Å². The summed E-state index contributed by atoms with van der Waals surface area (Å²) in [5, 5.41) is 0. The standard InChI is InChI=1S/C19H21O3PSe/c1-2-21-23(20)15-9-14-18(24-17-12-7-4-8-13-17)19(22-23)16-10-5-3-6-11-16/h3-8,10-13H,2,9,14-15H2,1H3. The summed E-state index contributed by atoms with van der Waals surface area (Å²) in [7, 11) is -3.07. The molecule has 0 aliphatic carbocycles. The average Bonchev–Trinajstić information content (AvgIpc) is 2.76. The van der Waals surface area contributed by atoms with Gasteiger partial charge >= 0.3 is 150 Å². The van der Waals surface area contributed by atoms with Crippen molar-refractivity contribution in [1.29, 1.82) is 0 Å². The van der Waals surface area contributed by atoms with Crippen molar-refractivity contribution in [2.24, 2.45) is 0 Å². The van der Waals surface area contributed by atoms with Crippen LogP contribution < -0.4 is 4.46 Å². The van der Waals surface area contributed by atoms with Crippen molar-refractivity contribution in [3.05, 3.63) is 70.7 Å². The zero-order valence-electron chi connectivity index (χ0n) is 13.7. The summed E-state index contributed by atoms with van der Waals surface area (Å²) in [6.45, 7) is 2.26. The summed E-state index contributed by atoms with van der Waals surface area (Å²) in [5.74, 6) is 0.758. The van der Waals surface area contributed by atoms with E-state index < -0.39 is 7.60 Å². The fourth-order valence-corrected chi connectivity index (χ4v) is 6.70. The third-order valence-electron chi connectivity index (χ3n) is 3.67. The molecule has 1 aliphatic rings. The van der Waals surface area contributed by atoms with Crippen LogP contribution in [0.4, 0.5) is 0 Å². The van der Waals surface area contributed by atoms with Gasteiger partial charge in [0.2, 0.25) is 0 Å². The van der Waals surface area contributed by atoms with Crippen LogP contribution in [0, 0.1) is 0 Å². The molecule has 0 saturated carbocycles. The van der Waals surface area contributed by atoms with Crippen molar-refractivity contribution in [2.75, 3.05) is 12.8 Å². The van der Waals surface area contributed by atoms with E-state index in [4.69, 9.17) is 9.05 Å². The molecule has 0 spiro atoms. The Morgan fingerprint density at radius 2 is 1.75 bits per heavy atom. The van der Waals surface area contributed by atoms with Gasteiger partial charge in [0.1, 0.15) is 0 Å². The molecule has 126 valence electrons. The second kappa shape index (κ2) is 8.18. The third kappa shape index (κ3) is 4.40. The fourth-order valence-electron chi connectivity index (χ4n) is 2.60. The topological polar surface area (TPSA) is 35.5 Å². The van der Waals surface area contributed by atoms with Crippen LogP contribution in [0.1, 0.15) is 25.3 Å². The number of rotatable bonds is 5. The maximum atomic E-state index is 13.0. The Morgan fingerprint density at radius 1 is 1.08 bits per heavy atom. The predicted molar refractivity (Wildman–Crippen MR) is 99.6 cm³/mol. The van der Waals surface area contributed by atoms with E-state index in [1.165, 1.54) is 8.93 Å². The van der Waals surface area contributed by atoms with Crippen LogP contribution in [0.15, 0.2) is 65.1 Å². The second-order valence-electron chi connectivity index (χ2n) is 5.48. The molecule has 24 heavy (non-hydrogen) atoms. The van der Waals surface area contributed by atoms with Crippen LogP contribution in [0.25, 0.3) is 5.76 Å². The van der Waals surface area contributed by atoms with Gasteiger partial charge in [-0.05, 0) is 0 Å². The first kappa shape index (κ1) is 17.5. The van der Waals surface area contributed by atoms with Crippen LogP contribution in [0.2, 0.25) is 0 Å². The zero-order valence-corrected chi connectivity index (χ0v) is 16.3. The molecule has 0 amide bonds. The molecule has 0 aromatic heterocycles. The van der Waals surface area contributed by atoms with Gasteiger partial charge in [0.15, 0.2) is 0 Å². The van der Waals surface area contributed by atoms with Crippen molar-refractivity contribution in [3.8, 4) is 0 Å². The van der Waals surface area contributed by atoms with Crippen LogP contribution >= 0.6 is 7.60 Å². The second-order valence-corrected chi connectivity index (χ2v) is 10.0. The molecule has 1 atom stereocenters.